The van der Waals surface area contributed by atoms with Gasteiger partial charge in [0.25, 0.3) is 0 Å². The van der Waals surface area contributed by atoms with Crippen LogP contribution in [0.2, 0.25) is 4.34 Å². The SMILES string of the molecule is CCC(C(=O)Oc1cscn1)c1ccc(-c2ccc(Cl)s2)c(F)c1. The quantitative estimate of drug-likeness (QED) is 0.527. The highest BCUT2D eigenvalue weighted by Crippen LogP contribution is 2.34. The molecule has 3 rings (SSSR count). The second-order valence-electron chi connectivity index (χ2n) is 5.05. The molecule has 7 heteroatoms. The zero-order chi connectivity index (χ0) is 17.1. The van der Waals surface area contributed by atoms with Gasteiger partial charge < -0.3 is 4.74 Å². The van der Waals surface area contributed by atoms with Gasteiger partial charge in [-0.15, -0.1) is 22.7 Å². The molecule has 0 saturated carbocycles. The van der Waals surface area contributed by atoms with Gasteiger partial charge in [0.05, 0.1) is 21.1 Å². The van der Waals surface area contributed by atoms with Crippen LogP contribution in [0.15, 0.2) is 41.2 Å². The van der Waals surface area contributed by atoms with Crippen LogP contribution in [0, 0.1) is 5.82 Å². The summed E-state index contributed by atoms with van der Waals surface area (Å²) in [5.74, 6) is -1.09. The van der Waals surface area contributed by atoms with Crippen LogP contribution in [0.25, 0.3) is 10.4 Å². The first-order valence-corrected chi connectivity index (χ1v) is 9.37. The van der Waals surface area contributed by atoms with Crippen molar-refractivity contribution in [1.29, 1.82) is 0 Å². The monoisotopic (exact) mass is 381 g/mol. The lowest BCUT2D eigenvalue weighted by atomic mass is 9.95. The Bertz CT molecular complexity index is 848. The minimum Gasteiger partial charge on any atom is -0.406 e. The van der Waals surface area contributed by atoms with Gasteiger partial charge in [-0.2, -0.15) is 0 Å². The van der Waals surface area contributed by atoms with Gasteiger partial charge in [-0.05, 0) is 30.2 Å². The molecule has 0 N–H and O–H groups in total. The number of carbonyl (C=O) groups excluding carboxylic acids is 1. The maximum Gasteiger partial charge on any atom is 0.320 e. The Morgan fingerprint density at radius 3 is 2.79 bits per heavy atom. The number of carbonyl (C=O) groups is 1. The van der Waals surface area contributed by atoms with Gasteiger partial charge >= 0.3 is 5.97 Å². The molecule has 0 fully saturated rings. The number of halogens is 2. The summed E-state index contributed by atoms with van der Waals surface area (Å²) in [6, 6.07) is 8.32. The molecule has 1 aromatic carbocycles. The fraction of sp³-hybridized carbons (Fsp3) is 0.176. The molecule has 3 nitrogen and oxygen atoms in total. The van der Waals surface area contributed by atoms with E-state index in [1.54, 1.807) is 35.2 Å². The zero-order valence-electron chi connectivity index (χ0n) is 12.7. The molecule has 0 spiro atoms. The van der Waals surface area contributed by atoms with Crippen LogP contribution >= 0.6 is 34.3 Å². The van der Waals surface area contributed by atoms with Crippen molar-refractivity contribution in [3.05, 3.63) is 56.9 Å². The van der Waals surface area contributed by atoms with Crippen LogP contribution in [0.4, 0.5) is 4.39 Å². The Balaban J connectivity index is 1.84. The van der Waals surface area contributed by atoms with Crippen molar-refractivity contribution in [2.75, 3.05) is 0 Å². The van der Waals surface area contributed by atoms with Gasteiger partial charge in [0.15, 0.2) is 0 Å². The second-order valence-corrected chi connectivity index (χ2v) is 7.49. The van der Waals surface area contributed by atoms with Crippen molar-refractivity contribution >= 4 is 40.2 Å². The van der Waals surface area contributed by atoms with Crippen molar-refractivity contribution in [2.45, 2.75) is 19.3 Å². The smallest absolute Gasteiger partial charge is 0.320 e. The van der Waals surface area contributed by atoms with Crippen LogP contribution in [0.3, 0.4) is 0 Å². The van der Waals surface area contributed by atoms with Crippen LogP contribution in [0.1, 0.15) is 24.8 Å². The van der Waals surface area contributed by atoms with Crippen LogP contribution < -0.4 is 4.74 Å². The molecule has 2 aromatic heterocycles. The molecule has 1 unspecified atom stereocenters. The van der Waals surface area contributed by atoms with E-state index in [-0.39, 0.29) is 11.7 Å². The first kappa shape index (κ1) is 17.1. The molecule has 124 valence electrons. The van der Waals surface area contributed by atoms with E-state index < -0.39 is 11.9 Å². The average molecular weight is 382 g/mol. The Kier molecular flexibility index (Phi) is 5.28. The molecule has 3 aromatic rings. The fourth-order valence-electron chi connectivity index (χ4n) is 2.37. The summed E-state index contributed by atoms with van der Waals surface area (Å²) in [5, 5.41) is 1.65. The second kappa shape index (κ2) is 7.42. The van der Waals surface area contributed by atoms with E-state index in [0.29, 0.717) is 21.9 Å². The molecule has 0 aliphatic carbocycles. The number of thiazole rings is 1. The number of benzene rings is 1. The van der Waals surface area contributed by atoms with Crippen molar-refractivity contribution in [3.63, 3.8) is 0 Å². The Labute approximate surface area is 151 Å². The lowest BCUT2D eigenvalue weighted by Gasteiger charge is -2.14. The van der Waals surface area contributed by atoms with E-state index >= 15 is 0 Å². The van der Waals surface area contributed by atoms with E-state index in [9.17, 15) is 9.18 Å². The van der Waals surface area contributed by atoms with E-state index in [0.717, 1.165) is 4.88 Å². The third-order valence-electron chi connectivity index (χ3n) is 3.54. The number of hydrogen-bond acceptors (Lipinski definition) is 5. The van der Waals surface area contributed by atoms with Crippen molar-refractivity contribution in [3.8, 4) is 16.3 Å². The lowest BCUT2D eigenvalue weighted by Crippen LogP contribution is -2.18. The maximum absolute atomic E-state index is 14.5. The first-order valence-electron chi connectivity index (χ1n) is 7.23. The van der Waals surface area contributed by atoms with E-state index in [2.05, 4.69) is 4.98 Å². The van der Waals surface area contributed by atoms with E-state index in [1.165, 1.54) is 28.7 Å². The minimum absolute atomic E-state index is 0.272. The lowest BCUT2D eigenvalue weighted by molar-refractivity contribution is -0.136. The molecule has 0 amide bonds. The van der Waals surface area contributed by atoms with Crippen LogP contribution in [-0.4, -0.2) is 11.0 Å². The summed E-state index contributed by atoms with van der Waals surface area (Å²) in [4.78, 5) is 17.0. The third-order valence-corrected chi connectivity index (χ3v) is 5.37. The molecule has 24 heavy (non-hydrogen) atoms. The summed E-state index contributed by atoms with van der Waals surface area (Å²) in [5.41, 5.74) is 2.64. The highest BCUT2D eigenvalue weighted by Gasteiger charge is 2.23. The van der Waals surface area contributed by atoms with Gasteiger partial charge in [0.2, 0.25) is 5.88 Å². The molecule has 0 bridgehead atoms. The highest BCUT2D eigenvalue weighted by molar-refractivity contribution is 7.19. The fourth-order valence-corrected chi connectivity index (χ4v) is 3.89. The number of esters is 1. The molecule has 1 atom stereocenters. The summed E-state index contributed by atoms with van der Waals surface area (Å²) >= 11 is 8.56. The minimum atomic E-state index is -0.540. The van der Waals surface area contributed by atoms with Crippen molar-refractivity contribution in [1.82, 2.24) is 4.98 Å². The normalized spacial score (nSPS) is 12.1. The van der Waals surface area contributed by atoms with Gasteiger partial charge in [-0.25, -0.2) is 9.37 Å². The summed E-state index contributed by atoms with van der Waals surface area (Å²) in [7, 11) is 0. The van der Waals surface area contributed by atoms with Gasteiger partial charge in [0.1, 0.15) is 5.82 Å². The third kappa shape index (κ3) is 3.66. The Hall–Kier alpha value is -1.76. The topological polar surface area (TPSA) is 39.2 Å². The standard InChI is InChI=1S/C17H13ClFNO2S2/c1-2-11(17(21)22-16-8-23-9-20-16)10-3-4-12(13(19)7-10)14-5-6-15(18)24-14/h3-9,11H,2H2,1H3. The predicted molar refractivity (Wildman–Crippen MR) is 95.5 cm³/mol. The number of hydrogen-bond donors (Lipinski definition) is 0. The summed E-state index contributed by atoms with van der Waals surface area (Å²) in [6.45, 7) is 1.86. The van der Waals surface area contributed by atoms with Gasteiger partial charge in [-0.3, -0.25) is 4.79 Å². The molecule has 0 aliphatic rings. The van der Waals surface area contributed by atoms with Crippen molar-refractivity contribution in [2.24, 2.45) is 0 Å². The molecular weight excluding hydrogens is 369 g/mol. The van der Waals surface area contributed by atoms with Crippen molar-refractivity contribution < 1.29 is 13.9 Å². The number of rotatable bonds is 5. The summed E-state index contributed by atoms with van der Waals surface area (Å²) < 4.78 is 20.3. The Morgan fingerprint density at radius 2 is 2.21 bits per heavy atom. The molecular formula is C17H13ClFNO2S2. The number of nitrogens with zero attached hydrogens (tertiary/aromatic N) is 1. The molecule has 0 aliphatic heterocycles. The molecule has 2 heterocycles. The average Bonchev–Trinajstić information content (AvgIpc) is 3.20. The number of ether oxygens (including phenoxy) is 1. The predicted octanol–water partition coefficient (Wildman–Crippen LogP) is 5.76. The van der Waals surface area contributed by atoms with E-state index in [1.807, 2.05) is 6.92 Å². The van der Waals surface area contributed by atoms with Gasteiger partial charge in [0, 0.05) is 10.4 Å². The maximum atomic E-state index is 14.5. The largest absolute Gasteiger partial charge is 0.406 e. The first-order chi connectivity index (χ1) is 11.6. The van der Waals surface area contributed by atoms with Gasteiger partial charge in [-0.1, -0.05) is 30.7 Å². The highest BCUT2D eigenvalue weighted by atomic mass is 35.5. The number of aromatic nitrogens is 1. The van der Waals surface area contributed by atoms with Crippen LogP contribution in [0.5, 0.6) is 5.88 Å². The molecule has 0 radical (unpaired) electrons. The summed E-state index contributed by atoms with van der Waals surface area (Å²) in [6.07, 6.45) is 0.507. The van der Waals surface area contributed by atoms with E-state index in [4.69, 9.17) is 16.3 Å². The molecule has 0 saturated heterocycles. The zero-order valence-corrected chi connectivity index (χ0v) is 15.1. The number of thiophene rings is 1. The Morgan fingerprint density at radius 1 is 1.38 bits per heavy atom. The van der Waals surface area contributed by atoms with Crippen LogP contribution in [-0.2, 0) is 4.79 Å².